The number of nitrogens with one attached hydrogen (secondary N) is 2. The van der Waals surface area contributed by atoms with Crippen LogP contribution in [0.15, 0.2) is 4.42 Å². The van der Waals surface area contributed by atoms with Crippen LogP contribution in [-0.4, -0.2) is 23.3 Å². The Labute approximate surface area is 76.9 Å². The van der Waals surface area contributed by atoms with Crippen molar-refractivity contribution in [1.82, 2.24) is 15.5 Å². The number of hydrogen-bond acceptors (Lipinski definition) is 5. The van der Waals surface area contributed by atoms with Crippen molar-refractivity contribution >= 4 is 6.01 Å². The zero-order valence-electron chi connectivity index (χ0n) is 7.87. The zero-order valence-corrected chi connectivity index (χ0v) is 7.87. The topological polar surface area (TPSA) is 63.0 Å². The maximum atomic E-state index is 5.25. The number of hydrogen-bond donors (Lipinski definition) is 2. The van der Waals surface area contributed by atoms with Crippen LogP contribution in [0.25, 0.3) is 0 Å². The molecule has 0 aliphatic heterocycles. The van der Waals surface area contributed by atoms with Crippen molar-refractivity contribution in [2.75, 3.05) is 12.4 Å². The average Bonchev–Trinajstić information content (AvgIpc) is 2.68. The Morgan fingerprint density at radius 2 is 2.31 bits per heavy atom. The highest BCUT2D eigenvalue weighted by atomic mass is 16.4. The van der Waals surface area contributed by atoms with Gasteiger partial charge in [-0.3, -0.25) is 0 Å². The molecule has 72 valence electrons. The van der Waals surface area contributed by atoms with Crippen molar-refractivity contribution in [3.63, 3.8) is 0 Å². The van der Waals surface area contributed by atoms with E-state index in [1.54, 1.807) is 7.05 Å². The molecule has 5 heteroatoms. The molecule has 1 aromatic heterocycles. The molecule has 2 atom stereocenters. The molecule has 2 N–H and O–H groups in total. The van der Waals surface area contributed by atoms with Gasteiger partial charge in [-0.15, -0.1) is 5.10 Å². The molecular formula is C8H14N4O. The van der Waals surface area contributed by atoms with Gasteiger partial charge in [0.15, 0.2) is 0 Å². The standard InChI is InChI=1S/C8H14N4O/c1-5-3-6(5)10-4-7-11-12-8(9-2)13-7/h5-6,10H,3-4H2,1-2H3,(H,9,12)/t5?,6-/m0/s1. The predicted molar refractivity (Wildman–Crippen MR) is 48.3 cm³/mol. The van der Waals surface area contributed by atoms with Crippen molar-refractivity contribution in [3.05, 3.63) is 5.89 Å². The molecule has 0 radical (unpaired) electrons. The van der Waals surface area contributed by atoms with Crippen molar-refractivity contribution < 1.29 is 4.42 Å². The van der Waals surface area contributed by atoms with E-state index in [0.717, 1.165) is 5.92 Å². The van der Waals surface area contributed by atoms with Crippen molar-refractivity contribution in [1.29, 1.82) is 0 Å². The monoisotopic (exact) mass is 182 g/mol. The molecule has 13 heavy (non-hydrogen) atoms. The normalized spacial score (nSPS) is 26.0. The van der Waals surface area contributed by atoms with E-state index in [0.29, 0.717) is 24.5 Å². The molecular weight excluding hydrogens is 168 g/mol. The summed E-state index contributed by atoms with van der Waals surface area (Å²) < 4.78 is 5.25. The number of nitrogens with zero attached hydrogens (tertiary/aromatic N) is 2. The van der Waals surface area contributed by atoms with Crippen LogP contribution in [0.3, 0.4) is 0 Å². The smallest absolute Gasteiger partial charge is 0.315 e. The van der Waals surface area contributed by atoms with Crippen LogP contribution >= 0.6 is 0 Å². The summed E-state index contributed by atoms with van der Waals surface area (Å²) >= 11 is 0. The quantitative estimate of drug-likeness (QED) is 0.714. The van der Waals surface area contributed by atoms with Crippen molar-refractivity contribution in [2.24, 2.45) is 5.92 Å². The Balaban J connectivity index is 1.80. The Morgan fingerprint density at radius 3 is 2.85 bits per heavy atom. The Hall–Kier alpha value is -1.10. The molecule has 1 heterocycles. The van der Waals surface area contributed by atoms with Crippen molar-refractivity contribution in [3.8, 4) is 0 Å². The van der Waals surface area contributed by atoms with Gasteiger partial charge in [0.05, 0.1) is 6.54 Å². The highest BCUT2D eigenvalue weighted by Crippen LogP contribution is 2.29. The second kappa shape index (κ2) is 3.33. The van der Waals surface area contributed by atoms with Crippen molar-refractivity contribution in [2.45, 2.75) is 25.9 Å². The second-order valence-corrected chi connectivity index (χ2v) is 3.45. The molecule has 1 saturated carbocycles. The van der Waals surface area contributed by atoms with Crippen LogP contribution in [0.2, 0.25) is 0 Å². The lowest BCUT2D eigenvalue weighted by molar-refractivity contribution is 0.473. The van der Waals surface area contributed by atoms with E-state index < -0.39 is 0 Å². The summed E-state index contributed by atoms with van der Waals surface area (Å²) in [6.07, 6.45) is 1.26. The molecule has 0 aromatic carbocycles. The van der Waals surface area contributed by atoms with Gasteiger partial charge in [-0.05, 0) is 12.3 Å². The first-order valence-corrected chi connectivity index (χ1v) is 4.53. The van der Waals surface area contributed by atoms with Crippen LogP contribution in [0.1, 0.15) is 19.2 Å². The molecule has 0 bridgehead atoms. The molecule has 1 aliphatic rings. The third-order valence-electron chi connectivity index (χ3n) is 2.31. The fourth-order valence-corrected chi connectivity index (χ4v) is 1.25. The Morgan fingerprint density at radius 1 is 1.54 bits per heavy atom. The summed E-state index contributed by atoms with van der Waals surface area (Å²) in [5, 5.41) is 13.8. The second-order valence-electron chi connectivity index (χ2n) is 3.45. The fraction of sp³-hybridized carbons (Fsp3) is 0.750. The van der Waals surface area contributed by atoms with Gasteiger partial charge >= 0.3 is 6.01 Å². The molecule has 2 rings (SSSR count). The number of rotatable bonds is 4. The SMILES string of the molecule is CNc1nnc(CN[C@H]2CC2C)o1. The van der Waals surface area contributed by atoms with E-state index in [9.17, 15) is 0 Å². The van der Waals surface area contributed by atoms with Gasteiger partial charge in [0.25, 0.3) is 0 Å². The van der Waals surface area contributed by atoms with Gasteiger partial charge in [0.2, 0.25) is 5.89 Å². The fourth-order valence-electron chi connectivity index (χ4n) is 1.25. The first kappa shape index (κ1) is 8.50. The van der Waals surface area contributed by atoms with Gasteiger partial charge in [-0.1, -0.05) is 12.0 Å². The Bertz CT molecular complexity index is 285. The summed E-state index contributed by atoms with van der Waals surface area (Å²) in [5.74, 6) is 1.44. The lowest BCUT2D eigenvalue weighted by atomic mass is 10.5. The molecule has 1 fully saturated rings. The van der Waals surface area contributed by atoms with Gasteiger partial charge in [-0.25, -0.2) is 0 Å². The van der Waals surface area contributed by atoms with E-state index in [-0.39, 0.29) is 0 Å². The molecule has 1 unspecified atom stereocenters. The lowest BCUT2D eigenvalue weighted by Gasteiger charge is -1.96. The molecule has 0 amide bonds. The molecule has 0 saturated heterocycles. The highest BCUT2D eigenvalue weighted by molar-refractivity contribution is 5.14. The van der Waals surface area contributed by atoms with Crippen LogP contribution < -0.4 is 10.6 Å². The lowest BCUT2D eigenvalue weighted by Crippen LogP contribution is -2.17. The first-order chi connectivity index (χ1) is 6.29. The zero-order chi connectivity index (χ0) is 9.26. The van der Waals surface area contributed by atoms with Crippen LogP contribution in [0, 0.1) is 5.92 Å². The maximum Gasteiger partial charge on any atom is 0.315 e. The minimum atomic E-state index is 0.473. The van der Waals surface area contributed by atoms with Crippen LogP contribution in [0.4, 0.5) is 6.01 Å². The van der Waals surface area contributed by atoms with Gasteiger partial charge in [0.1, 0.15) is 0 Å². The minimum Gasteiger partial charge on any atom is -0.407 e. The van der Waals surface area contributed by atoms with E-state index in [1.807, 2.05) is 0 Å². The predicted octanol–water partition coefficient (Wildman–Crippen LogP) is 0.609. The van der Waals surface area contributed by atoms with Gasteiger partial charge in [-0.2, -0.15) is 0 Å². The summed E-state index contributed by atoms with van der Waals surface area (Å²) in [6, 6.07) is 1.12. The largest absolute Gasteiger partial charge is 0.407 e. The molecule has 1 aliphatic carbocycles. The first-order valence-electron chi connectivity index (χ1n) is 4.53. The minimum absolute atomic E-state index is 0.473. The van der Waals surface area contributed by atoms with Gasteiger partial charge < -0.3 is 15.1 Å². The molecule has 1 aromatic rings. The third-order valence-corrected chi connectivity index (χ3v) is 2.31. The summed E-state index contributed by atoms with van der Waals surface area (Å²) in [6.45, 7) is 2.90. The summed E-state index contributed by atoms with van der Waals surface area (Å²) in [4.78, 5) is 0. The highest BCUT2D eigenvalue weighted by Gasteiger charge is 2.32. The average molecular weight is 182 g/mol. The molecule has 5 nitrogen and oxygen atoms in total. The third kappa shape index (κ3) is 1.98. The van der Waals surface area contributed by atoms with E-state index >= 15 is 0 Å². The van der Waals surface area contributed by atoms with Crippen LogP contribution in [0.5, 0.6) is 0 Å². The Kier molecular flexibility index (Phi) is 2.18. The maximum absolute atomic E-state index is 5.25. The summed E-state index contributed by atoms with van der Waals surface area (Å²) in [7, 11) is 1.76. The van der Waals surface area contributed by atoms with E-state index in [2.05, 4.69) is 27.8 Å². The summed E-state index contributed by atoms with van der Waals surface area (Å²) in [5.41, 5.74) is 0. The number of aromatic nitrogens is 2. The van der Waals surface area contributed by atoms with E-state index in [1.165, 1.54) is 6.42 Å². The van der Waals surface area contributed by atoms with Crippen LogP contribution in [-0.2, 0) is 6.54 Å². The van der Waals surface area contributed by atoms with E-state index in [4.69, 9.17) is 4.42 Å². The molecule has 0 spiro atoms. The number of anilines is 1. The van der Waals surface area contributed by atoms with Gasteiger partial charge in [0, 0.05) is 13.1 Å².